The molecule has 4 heteroatoms. The molecular formula is C13H20N2O2. The van der Waals surface area contributed by atoms with Gasteiger partial charge in [-0.3, -0.25) is 9.69 Å². The van der Waals surface area contributed by atoms with Crippen LogP contribution in [0.2, 0.25) is 0 Å². The van der Waals surface area contributed by atoms with Crippen LogP contribution in [0.5, 0.6) is 0 Å². The van der Waals surface area contributed by atoms with Gasteiger partial charge in [0.1, 0.15) is 0 Å². The fourth-order valence-corrected chi connectivity index (χ4v) is 1.64. The first kappa shape index (κ1) is 13.7. The van der Waals surface area contributed by atoms with Gasteiger partial charge in [-0.15, -0.1) is 0 Å². The van der Waals surface area contributed by atoms with Crippen LogP contribution in [0.15, 0.2) is 30.3 Å². The van der Waals surface area contributed by atoms with E-state index in [-0.39, 0.29) is 12.5 Å². The van der Waals surface area contributed by atoms with E-state index in [4.69, 9.17) is 5.11 Å². The zero-order chi connectivity index (χ0) is 12.5. The third kappa shape index (κ3) is 5.47. The third-order valence-electron chi connectivity index (χ3n) is 2.60. The molecule has 1 aromatic carbocycles. The summed E-state index contributed by atoms with van der Waals surface area (Å²) in [6.45, 7) is 2.12. The molecule has 0 fully saturated rings. The lowest BCUT2D eigenvalue weighted by Crippen LogP contribution is -2.31. The van der Waals surface area contributed by atoms with E-state index >= 15 is 0 Å². The van der Waals surface area contributed by atoms with Crippen molar-refractivity contribution in [3.63, 3.8) is 0 Å². The predicted octanol–water partition coefficient (Wildman–Crippen LogP) is 0.617. The fourth-order valence-electron chi connectivity index (χ4n) is 1.64. The van der Waals surface area contributed by atoms with E-state index in [2.05, 4.69) is 10.2 Å². The average molecular weight is 236 g/mol. The molecule has 17 heavy (non-hydrogen) atoms. The summed E-state index contributed by atoms with van der Waals surface area (Å²) in [6.07, 6.45) is 0.462. The molecule has 0 aliphatic rings. The van der Waals surface area contributed by atoms with Gasteiger partial charge in [-0.05, 0) is 5.56 Å². The maximum Gasteiger partial charge on any atom is 0.221 e. The molecular weight excluding hydrogens is 216 g/mol. The highest BCUT2D eigenvalue weighted by Crippen LogP contribution is 2.04. The summed E-state index contributed by atoms with van der Waals surface area (Å²) in [5, 5.41) is 11.6. The highest BCUT2D eigenvalue weighted by atomic mass is 16.3. The molecule has 0 saturated carbocycles. The van der Waals surface area contributed by atoms with Crippen molar-refractivity contribution in [2.24, 2.45) is 0 Å². The number of nitrogens with one attached hydrogen (secondary N) is 1. The number of rotatable bonds is 7. The summed E-state index contributed by atoms with van der Waals surface area (Å²) < 4.78 is 0. The van der Waals surface area contributed by atoms with E-state index in [9.17, 15) is 4.79 Å². The molecule has 0 aliphatic carbocycles. The van der Waals surface area contributed by atoms with Crippen LogP contribution in [0.1, 0.15) is 12.0 Å². The van der Waals surface area contributed by atoms with E-state index in [1.165, 1.54) is 5.56 Å². The zero-order valence-corrected chi connectivity index (χ0v) is 10.2. The molecule has 0 bridgehead atoms. The van der Waals surface area contributed by atoms with Gasteiger partial charge in [-0.1, -0.05) is 30.3 Å². The van der Waals surface area contributed by atoms with E-state index in [0.29, 0.717) is 19.5 Å². The molecule has 0 aromatic heterocycles. The molecule has 94 valence electrons. The van der Waals surface area contributed by atoms with Gasteiger partial charge in [0.25, 0.3) is 0 Å². The van der Waals surface area contributed by atoms with Crippen molar-refractivity contribution in [1.82, 2.24) is 10.2 Å². The Morgan fingerprint density at radius 2 is 2.00 bits per heavy atom. The van der Waals surface area contributed by atoms with E-state index < -0.39 is 0 Å². The van der Waals surface area contributed by atoms with Gasteiger partial charge in [-0.2, -0.15) is 0 Å². The van der Waals surface area contributed by atoms with Crippen LogP contribution in [0, 0.1) is 0 Å². The number of benzene rings is 1. The second-order valence-corrected chi connectivity index (χ2v) is 3.91. The Balaban J connectivity index is 2.45. The van der Waals surface area contributed by atoms with Gasteiger partial charge in [0.15, 0.2) is 0 Å². The maximum atomic E-state index is 11.2. The van der Waals surface area contributed by atoms with Crippen LogP contribution < -0.4 is 5.32 Å². The van der Waals surface area contributed by atoms with Crippen LogP contribution >= 0.6 is 0 Å². The van der Waals surface area contributed by atoms with Crippen LogP contribution in [0.25, 0.3) is 0 Å². The Morgan fingerprint density at radius 1 is 1.29 bits per heavy atom. The Bertz CT molecular complexity index is 327. The van der Waals surface area contributed by atoms with Crippen LogP contribution in [-0.2, 0) is 11.3 Å². The summed E-state index contributed by atoms with van der Waals surface area (Å²) in [5.41, 5.74) is 1.19. The van der Waals surface area contributed by atoms with Gasteiger partial charge in [0.2, 0.25) is 5.91 Å². The normalized spacial score (nSPS) is 10.5. The molecule has 1 aromatic rings. The molecule has 0 spiro atoms. The number of hydrogen-bond donors (Lipinski definition) is 2. The zero-order valence-electron chi connectivity index (χ0n) is 10.2. The van der Waals surface area contributed by atoms with Crippen LogP contribution in [-0.4, -0.2) is 42.7 Å². The van der Waals surface area contributed by atoms with E-state index in [0.717, 1.165) is 6.54 Å². The maximum absolute atomic E-state index is 11.2. The van der Waals surface area contributed by atoms with Crippen molar-refractivity contribution >= 4 is 5.91 Å². The summed E-state index contributed by atoms with van der Waals surface area (Å²) in [5.74, 6) is 0.0287. The first-order valence-corrected chi connectivity index (χ1v) is 5.84. The van der Waals surface area contributed by atoms with Gasteiger partial charge in [-0.25, -0.2) is 0 Å². The Morgan fingerprint density at radius 3 is 2.59 bits per heavy atom. The Labute approximate surface area is 102 Å². The van der Waals surface area contributed by atoms with Crippen molar-refractivity contribution in [2.75, 3.05) is 26.7 Å². The summed E-state index contributed by atoms with van der Waals surface area (Å²) in [7, 11) is 1.63. The van der Waals surface area contributed by atoms with Gasteiger partial charge >= 0.3 is 0 Å². The number of nitrogens with zero attached hydrogens (tertiary/aromatic N) is 1. The van der Waals surface area contributed by atoms with Gasteiger partial charge in [0.05, 0.1) is 6.61 Å². The summed E-state index contributed by atoms with van der Waals surface area (Å²) in [4.78, 5) is 13.2. The molecule has 0 saturated heterocycles. The molecule has 0 atom stereocenters. The first-order valence-electron chi connectivity index (χ1n) is 5.84. The summed E-state index contributed by atoms with van der Waals surface area (Å²) >= 11 is 0. The number of amides is 1. The summed E-state index contributed by atoms with van der Waals surface area (Å²) in [6, 6.07) is 10.1. The lowest BCUT2D eigenvalue weighted by Gasteiger charge is -2.20. The predicted molar refractivity (Wildman–Crippen MR) is 67.5 cm³/mol. The van der Waals surface area contributed by atoms with E-state index in [1.54, 1.807) is 7.05 Å². The monoisotopic (exact) mass is 236 g/mol. The topological polar surface area (TPSA) is 52.6 Å². The molecule has 0 unspecified atom stereocenters. The molecule has 0 heterocycles. The largest absolute Gasteiger partial charge is 0.395 e. The minimum atomic E-state index is 0.0287. The fraction of sp³-hybridized carbons (Fsp3) is 0.462. The minimum absolute atomic E-state index is 0.0287. The molecule has 2 N–H and O–H groups in total. The number of carbonyl (C=O) groups excluding carboxylic acids is 1. The van der Waals surface area contributed by atoms with E-state index in [1.807, 2.05) is 30.3 Å². The quantitative estimate of drug-likeness (QED) is 0.729. The number of carbonyl (C=O) groups is 1. The molecule has 0 aliphatic heterocycles. The lowest BCUT2D eigenvalue weighted by atomic mass is 10.2. The van der Waals surface area contributed by atoms with Gasteiger partial charge < -0.3 is 10.4 Å². The average Bonchev–Trinajstić information content (AvgIpc) is 2.37. The first-order chi connectivity index (χ1) is 8.26. The Hall–Kier alpha value is -1.39. The van der Waals surface area contributed by atoms with Crippen molar-refractivity contribution in [3.05, 3.63) is 35.9 Å². The number of hydrogen-bond acceptors (Lipinski definition) is 3. The lowest BCUT2D eigenvalue weighted by molar-refractivity contribution is -0.121. The van der Waals surface area contributed by atoms with Crippen LogP contribution in [0.3, 0.4) is 0 Å². The third-order valence-corrected chi connectivity index (χ3v) is 2.60. The minimum Gasteiger partial charge on any atom is -0.395 e. The smallest absolute Gasteiger partial charge is 0.221 e. The Kier molecular flexibility index (Phi) is 6.29. The molecule has 0 radical (unpaired) electrons. The van der Waals surface area contributed by atoms with Crippen molar-refractivity contribution in [3.8, 4) is 0 Å². The molecule has 1 amide bonds. The highest BCUT2D eigenvalue weighted by molar-refractivity contribution is 5.75. The number of aliphatic hydroxyl groups is 1. The SMILES string of the molecule is CNC(=O)CCN(CCO)Cc1ccccc1. The van der Waals surface area contributed by atoms with Crippen LogP contribution in [0.4, 0.5) is 0 Å². The van der Waals surface area contributed by atoms with Gasteiger partial charge in [0, 0.05) is 33.1 Å². The second kappa shape index (κ2) is 7.81. The van der Waals surface area contributed by atoms with Crippen molar-refractivity contribution in [1.29, 1.82) is 0 Å². The van der Waals surface area contributed by atoms with Crippen molar-refractivity contribution < 1.29 is 9.90 Å². The number of aliphatic hydroxyl groups excluding tert-OH is 1. The molecule has 4 nitrogen and oxygen atoms in total. The standard InChI is InChI=1S/C13H20N2O2/c1-14-13(17)7-8-15(9-10-16)11-12-5-3-2-4-6-12/h2-6,16H,7-11H2,1H3,(H,14,17). The highest BCUT2D eigenvalue weighted by Gasteiger charge is 2.07. The van der Waals surface area contributed by atoms with Crippen molar-refractivity contribution in [2.45, 2.75) is 13.0 Å². The second-order valence-electron chi connectivity index (χ2n) is 3.91. The molecule has 1 rings (SSSR count).